The number of hydrogen-bond acceptors (Lipinski definition) is 4. The van der Waals surface area contributed by atoms with Crippen molar-refractivity contribution in [2.45, 2.75) is 32.9 Å². The smallest absolute Gasteiger partial charge is 0.304 e. The third kappa shape index (κ3) is 3.94. The summed E-state index contributed by atoms with van der Waals surface area (Å²) >= 11 is 0. The Balaban J connectivity index is 2.58. The van der Waals surface area contributed by atoms with E-state index in [4.69, 9.17) is 5.11 Å². The van der Waals surface area contributed by atoms with Gasteiger partial charge in [-0.3, -0.25) is 9.69 Å². The summed E-state index contributed by atoms with van der Waals surface area (Å²) in [5, 5.41) is 8.74. The van der Waals surface area contributed by atoms with Crippen molar-refractivity contribution < 1.29 is 9.90 Å². The number of rotatable bonds is 6. The average molecular weight is 223 g/mol. The first-order valence-electron chi connectivity index (χ1n) is 5.35. The third-order valence-electron chi connectivity index (χ3n) is 2.46. The van der Waals surface area contributed by atoms with Crippen LogP contribution in [0.3, 0.4) is 0 Å². The molecule has 0 spiro atoms. The second kappa shape index (κ2) is 6.17. The highest BCUT2D eigenvalue weighted by Gasteiger charge is 2.16. The maximum absolute atomic E-state index is 10.6. The monoisotopic (exact) mass is 223 g/mol. The minimum Gasteiger partial charge on any atom is -0.481 e. The lowest BCUT2D eigenvalue weighted by Crippen LogP contribution is -2.34. The zero-order valence-corrected chi connectivity index (χ0v) is 9.63. The molecule has 1 aromatic rings. The average Bonchev–Trinajstić information content (AvgIpc) is 2.26. The Hall–Kier alpha value is -1.49. The Morgan fingerprint density at radius 1 is 1.50 bits per heavy atom. The van der Waals surface area contributed by atoms with E-state index in [0.29, 0.717) is 6.54 Å². The SMILES string of the molecule is CCN(Cc1ncccn1)C(C)CC(=O)O. The summed E-state index contributed by atoms with van der Waals surface area (Å²) in [4.78, 5) is 20.9. The van der Waals surface area contributed by atoms with Gasteiger partial charge in [-0.05, 0) is 19.5 Å². The summed E-state index contributed by atoms with van der Waals surface area (Å²) in [7, 11) is 0. The molecule has 0 saturated heterocycles. The minimum absolute atomic E-state index is 0.00805. The first kappa shape index (κ1) is 12.6. The van der Waals surface area contributed by atoms with E-state index in [1.807, 2.05) is 18.7 Å². The van der Waals surface area contributed by atoms with Crippen LogP contribution in [0.5, 0.6) is 0 Å². The van der Waals surface area contributed by atoms with E-state index in [0.717, 1.165) is 12.4 Å². The molecular formula is C11H17N3O2. The summed E-state index contributed by atoms with van der Waals surface area (Å²) in [6, 6.07) is 1.76. The van der Waals surface area contributed by atoms with Gasteiger partial charge in [0, 0.05) is 18.4 Å². The van der Waals surface area contributed by atoms with Gasteiger partial charge >= 0.3 is 5.97 Å². The highest BCUT2D eigenvalue weighted by atomic mass is 16.4. The number of hydrogen-bond donors (Lipinski definition) is 1. The van der Waals surface area contributed by atoms with Crippen molar-refractivity contribution >= 4 is 5.97 Å². The molecule has 5 heteroatoms. The second-order valence-corrected chi connectivity index (χ2v) is 3.68. The lowest BCUT2D eigenvalue weighted by molar-refractivity contribution is -0.138. The maximum atomic E-state index is 10.6. The van der Waals surface area contributed by atoms with Crippen molar-refractivity contribution in [2.24, 2.45) is 0 Å². The van der Waals surface area contributed by atoms with E-state index in [9.17, 15) is 4.79 Å². The molecule has 0 aliphatic rings. The van der Waals surface area contributed by atoms with Gasteiger partial charge < -0.3 is 5.11 Å². The molecule has 1 N–H and O–H groups in total. The van der Waals surface area contributed by atoms with Crippen LogP contribution >= 0.6 is 0 Å². The third-order valence-corrected chi connectivity index (χ3v) is 2.46. The number of aliphatic carboxylic acids is 1. The van der Waals surface area contributed by atoms with Crippen LogP contribution in [0.2, 0.25) is 0 Å². The summed E-state index contributed by atoms with van der Waals surface area (Å²) in [6.07, 6.45) is 3.52. The lowest BCUT2D eigenvalue weighted by atomic mass is 10.2. The molecule has 0 bridgehead atoms. The fourth-order valence-electron chi connectivity index (χ4n) is 1.55. The molecule has 1 atom stereocenters. The Labute approximate surface area is 95.1 Å². The van der Waals surface area contributed by atoms with Crippen LogP contribution in [0.25, 0.3) is 0 Å². The van der Waals surface area contributed by atoms with Crippen molar-refractivity contribution in [2.75, 3.05) is 6.54 Å². The topological polar surface area (TPSA) is 66.3 Å². The fourth-order valence-corrected chi connectivity index (χ4v) is 1.55. The van der Waals surface area contributed by atoms with E-state index in [1.54, 1.807) is 18.5 Å². The van der Waals surface area contributed by atoms with Crippen LogP contribution in [0, 0.1) is 0 Å². The molecular weight excluding hydrogens is 206 g/mol. The van der Waals surface area contributed by atoms with Crippen molar-refractivity contribution in [3.8, 4) is 0 Å². The summed E-state index contributed by atoms with van der Waals surface area (Å²) < 4.78 is 0. The van der Waals surface area contributed by atoms with Crippen molar-refractivity contribution in [1.82, 2.24) is 14.9 Å². The summed E-state index contributed by atoms with van der Waals surface area (Å²) in [5.41, 5.74) is 0. The van der Waals surface area contributed by atoms with Gasteiger partial charge in [0.25, 0.3) is 0 Å². The van der Waals surface area contributed by atoms with Crippen LogP contribution in [-0.2, 0) is 11.3 Å². The normalized spacial score (nSPS) is 12.7. The van der Waals surface area contributed by atoms with E-state index in [-0.39, 0.29) is 12.5 Å². The predicted octanol–water partition coefficient (Wildman–Crippen LogP) is 1.16. The molecule has 0 aliphatic heterocycles. The molecule has 0 fully saturated rings. The van der Waals surface area contributed by atoms with Gasteiger partial charge in [0.1, 0.15) is 5.82 Å². The lowest BCUT2D eigenvalue weighted by Gasteiger charge is -2.25. The van der Waals surface area contributed by atoms with E-state index in [1.165, 1.54) is 0 Å². The number of carbonyl (C=O) groups is 1. The minimum atomic E-state index is -0.778. The van der Waals surface area contributed by atoms with E-state index < -0.39 is 5.97 Å². The standard InChI is InChI=1S/C11H17N3O2/c1-3-14(9(2)7-11(15)16)8-10-12-5-4-6-13-10/h4-6,9H,3,7-8H2,1-2H3,(H,15,16). The number of nitrogens with zero attached hydrogens (tertiary/aromatic N) is 3. The highest BCUT2D eigenvalue weighted by Crippen LogP contribution is 2.07. The molecule has 5 nitrogen and oxygen atoms in total. The van der Waals surface area contributed by atoms with Crippen LogP contribution < -0.4 is 0 Å². The van der Waals surface area contributed by atoms with Gasteiger partial charge in [0.15, 0.2) is 0 Å². The van der Waals surface area contributed by atoms with Gasteiger partial charge in [0.2, 0.25) is 0 Å². The maximum Gasteiger partial charge on any atom is 0.304 e. The van der Waals surface area contributed by atoms with Crippen LogP contribution in [-0.4, -0.2) is 38.5 Å². The fraction of sp³-hybridized carbons (Fsp3) is 0.545. The van der Waals surface area contributed by atoms with Crippen LogP contribution in [0.15, 0.2) is 18.5 Å². The van der Waals surface area contributed by atoms with Crippen LogP contribution in [0.1, 0.15) is 26.1 Å². The van der Waals surface area contributed by atoms with Gasteiger partial charge in [-0.1, -0.05) is 6.92 Å². The largest absolute Gasteiger partial charge is 0.481 e. The molecule has 88 valence electrons. The Morgan fingerprint density at radius 3 is 2.62 bits per heavy atom. The van der Waals surface area contributed by atoms with Crippen LogP contribution in [0.4, 0.5) is 0 Å². The molecule has 16 heavy (non-hydrogen) atoms. The molecule has 1 unspecified atom stereocenters. The van der Waals surface area contributed by atoms with Gasteiger partial charge in [-0.25, -0.2) is 9.97 Å². The second-order valence-electron chi connectivity index (χ2n) is 3.68. The predicted molar refractivity (Wildman–Crippen MR) is 59.8 cm³/mol. The Morgan fingerprint density at radius 2 is 2.12 bits per heavy atom. The number of carboxylic acid groups (broad SMARTS) is 1. The van der Waals surface area contributed by atoms with Gasteiger partial charge in [-0.2, -0.15) is 0 Å². The molecule has 0 amide bonds. The number of aromatic nitrogens is 2. The van der Waals surface area contributed by atoms with Gasteiger partial charge in [0.05, 0.1) is 13.0 Å². The molecule has 0 radical (unpaired) electrons. The summed E-state index contributed by atoms with van der Waals surface area (Å²) in [6.45, 7) is 5.28. The zero-order valence-electron chi connectivity index (χ0n) is 9.63. The summed E-state index contributed by atoms with van der Waals surface area (Å²) in [5.74, 6) is -0.0541. The first-order chi connectivity index (χ1) is 7.63. The van der Waals surface area contributed by atoms with Crippen molar-refractivity contribution in [1.29, 1.82) is 0 Å². The molecule has 0 aromatic carbocycles. The molecule has 0 aliphatic carbocycles. The molecule has 1 heterocycles. The van der Waals surface area contributed by atoms with E-state index in [2.05, 4.69) is 9.97 Å². The molecule has 1 aromatic heterocycles. The van der Waals surface area contributed by atoms with Gasteiger partial charge in [-0.15, -0.1) is 0 Å². The molecule has 1 rings (SSSR count). The Bertz CT molecular complexity index is 329. The quantitative estimate of drug-likeness (QED) is 0.784. The highest BCUT2D eigenvalue weighted by molar-refractivity contribution is 5.67. The molecule has 0 saturated carbocycles. The van der Waals surface area contributed by atoms with Crippen molar-refractivity contribution in [3.63, 3.8) is 0 Å². The first-order valence-corrected chi connectivity index (χ1v) is 5.35. The Kier molecular flexibility index (Phi) is 4.85. The number of carboxylic acids is 1. The zero-order chi connectivity index (χ0) is 12.0. The van der Waals surface area contributed by atoms with E-state index >= 15 is 0 Å². The van der Waals surface area contributed by atoms with Crippen molar-refractivity contribution in [3.05, 3.63) is 24.3 Å².